The lowest BCUT2D eigenvalue weighted by Gasteiger charge is -2.10. The second-order valence-electron chi connectivity index (χ2n) is 3.66. The minimum Gasteiger partial charge on any atom is -0.478 e. The summed E-state index contributed by atoms with van der Waals surface area (Å²) in [5.74, 6) is -0.994. The van der Waals surface area contributed by atoms with Crippen LogP contribution in [-0.4, -0.2) is 16.1 Å². The van der Waals surface area contributed by atoms with Crippen molar-refractivity contribution in [1.29, 1.82) is 5.26 Å². The molecule has 6 heteroatoms. The average Bonchev–Trinajstić information content (AvgIpc) is 2.41. The van der Waals surface area contributed by atoms with Crippen LogP contribution in [0.1, 0.15) is 15.9 Å². The quantitative estimate of drug-likeness (QED) is 0.908. The number of aromatic carboxylic acids is 1. The van der Waals surface area contributed by atoms with Crippen molar-refractivity contribution in [1.82, 2.24) is 4.98 Å². The molecular weight excluding hydrogens is 310 g/mol. The first kappa shape index (κ1) is 13.1. The molecule has 19 heavy (non-hydrogen) atoms. The SMILES string of the molecule is N#Cc1ccncc1Nc1ccc(C(=O)O)cc1Br. The number of aromatic nitrogens is 1. The van der Waals surface area contributed by atoms with Crippen LogP contribution in [0.3, 0.4) is 0 Å². The summed E-state index contributed by atoms with van der Waals surface area (Å²) in [6.07, 6.45) is 3.07. The maximum absolute atomic E-state index is 10.8. The van der Waals surface area contributed by atoms with Gasteiger partial charge in [0.1, 0.15) is 6.07 Å². The molecule has 5 nitrogen and oxygen atoms in total. The number of hydrogen-bond donors (Lipinski definition) is 2. The second-order valence-corrected chi connectivity index (χ2v) is 4.51. The molecule has 0 saturated carbocycles. The Morgan fingerprint density at radius 2 is 2.16 bits per heavy atom. The van der Waals surface area contributed by atoms with Gasteiger partial charge in [-0.05, 0) is 40.2 Å². The van der Waals surface area contributed by atoms with Gasteiger partial charge in [-0.2, -0.15) is 5.26 Å². The van der Waals surface area contributed by atoms with E-state index in [9.17, 15) is 4.79 Å². The highest BCUT2D eigenvalue weighted by Gasteiger charge is 2.08. The molecule has 0 aliphatic carbocycles. The predicted molar refractivity (Wildman–Crippen MR) is 73.3 cm³/mol. The van der Waals surface area contributed by atoms with E-state index in [1.165, 1.54) is 24.5 Å². The summed E-state index contributed by atoms with van der Waals surface area (Å²) in [4.78, 5) is 14.8. The number of anilines is 2. The Bertz CT molecular complexity index is 680. The fourth-order valence-corrected chi connectivity index (χ4v) is 1.96. The van der Waals surface area contributed by atoms with E-state index >= 15 is 0 Å². The van der Waals surface area contributed by atoms with Crippen molar-refractivity contribution in [3.05, 3.63) is 52.3 Å². The largest absolute Gasteiger partial charge is 0.478 e. The van der Waals surface area contributed by atoms with Gasteiger partial charge < -0.3 is 10.4 Å². The van der Waals surface area contributed by atoms with Gasteiger partial charge in [-0.1, -0.05) is 0 Å². The first-order valence-electron chi connectivity index (χ1n) is 5.26. The first-order chi connectivity index (χ1) is 9.11. The van der Waals surface area contributed by atoms with Crippen LogP contribution in [0.2, 0.25) is 0 Å². The average molecular weight is 318 g/mol. The molecule has 0 amide bonds. The Morgan fingerprint density at radius 3 is 2.79 bits per heavy atom. The number of halogens is 1. The number of nitriles is 1. The Hall–Kier alpha value is -2.39. The van der Waals surface area contributed by atoms with Crippen molar-refractivity contribution in [3.63, 3.8) is 0 Å². The maximum atomic E-state index is 10.8. The summed E-state index contributed by atoms with van der Waals surface area (Å²) < 4.78 is 0.597. The molecule has 2 N–H and O–H groups in total. The smallest absolute Gasteiger partial charge is 0.335 e. The minimum absolute atomic E-state index is 0.184. The van der Waals surface area contributed by atoms with Crippen molar-refractivity contribution < 1.29 is 9.90 Å². The Balaban J connectivity index is 2.34. The molecule has 0 atom stereocenters. The molecular formula is C13H8BrN3O2. The standard InChI is InChI=1S/C13H8BrN3O2/c14-10-5-8(13(18)19)1-2-11(10)17-12-7-16-4-3-9(12)6-15/h1-5,7,17H,(H,18,19). The predicted octanol–water partition coefficient (Wildman–Crippen LogP) is 3.16. The third kappa shape index (κ3) is 2.89. The van der Waals surface area contributed by atoms with Crippen LogP contribution < -0.4 is 5.32 Å². The normalized spacial score (nSPS) is 9.68. The van der Waals surface area contributed by atoms with Gasteiger partial charge in [-0.15, -0.1) is 0 Å². The fraction of sp³-hybridized carbons (Fsp3) is 0. The molecule has 1 aromatic heterocycles. The maximum Gasteiger partial charge on any atom is 0.335 e. The van der Waals surface area contributed by atoms with Gasteiger partial charge in [0.2, 0.25) is 0 Å². The van der Waals surface area contributed by atoms with Crippen molar-refractivity contribution in [2.24, 2.45) is 0 Å². The summed E-state index contributed by atoms with van der Waals surface area (Å²) in [6, 6.07) is 8.26. The zero-order valence-electron chi connectivity index (χ0n) is 9.59. The van der Waals surface area contributed by atoms with E-state index in [1.54, 1.807) is 12.1 Å². The summed E-state index contributed by atoms with van der Waals surface area (Å²) in [7, 11) is 0. The highest BCUT2D eigenvalue weighted by Crippen LogP contribution is 2.28. The number of pyridine rings is 1. The van der Waals surface area contributed by atoms with E-state index in [4.69, 9.17) is 10.4 Å². The van der Waals surface area contributed by atoms with Gasteiger partial charge in [0.15, 0.2) is 0 Å². The molecule has 2 aromatic rings. The van der Waals surface area contributed by atoms with Crippen LogP contribution in [-0.2, 0) is 0 Å². The molecule has 94 valence electrons. The monoisotopic (exact) mass is 317 g/mol. The van der Waals surface area contributed by atoms with E-state index < -0.39 is 5.97 Å². The Labute approximate surface area is 117 Å². The lowest BCUT2D eigenvalue weighted by Crippen LogP contribution is -1.99. The van der Waals surface area contributed by atoms with Crippen molar-refractivity contribution >= 4 is 33.3 Å². The van der Waals surface area contributed by atoms with Crippen LogP contribution in [0, 0.1) is 11.3 Å². The topological polar surface area (TPSA) is 86.0 Å². The lowest BCUT2D eigenvalue weighted by molar-refractivity contribution is 0.0697. The van der Waals surface area contributed by atoms with E-state index in [2.05, 4.69) is 32.3 Å². The third-order valence-corrected chi connectivity index (χ3v) is 3.08. The first-order valence-corrected chi connectivity index (χ1v) is 6.05. The van der Waals surface area contributed by atoms with Crippen LogP contribution in [0.25, 0.3) is 0 Å². The number of carboxylic acids is 1. The summed E-state index contributed by atoms with van der Waals surface area (Å²) in [5, 5.41) is 20.9. The van der Waals surface area contributed by atoms with Gasteiger partial charge in [-0.25, -0.2) is 4.79 Å². The number of carbonyl (C=O) groups is 1. The van der Waals surface area contributed by atoms with Gasteiger partial charge >= 0.3 is 5.97 Å². The van der Waals surface area contributed by atoms with Gasteiger partial charge in [0.25, 0.3) is 0 Å². The Morgan fingerprint density at radius 1 is 1.37 bits per heavy atom. The fourth-order valence-electron chi connectivity index (χ4n) is 1.49. The van der Waals surface area contributed by atoms with Crippen molar-refractivity contribution in [2.45, 2.75) is 0 Å². The van der Waals surface area contributed by atoms with Gasteiger partial charge in [0.05, 0.1) is 28.7 Å². The molecule has 0 saturated heterocycles. The molecule has 0 fully saturated rings. The van der Waals surface area contributed by atoms with Crippen molar-refractivity contribution in [3.8, 4) is 6.07 Å². The lowest BCUT2D eigenvalue weighted by atomic mass is 10.2. The van der Waals surface area contributed by atoms with E-state index in [1.807, 2.05) is 0 Å². The molecule has 1 heterocycles. The van der Waals surface area contributed by atoms with E-state index in [0.29, 0.717) is 21.4 Å². The zero-order chi connectivity index (χ0) is 13.8. The van der Waals surface area contributed by atoms with Crippen LogP contribution >= 0.6 is 15.9 Å². The molecule has 1 aromatic carbocycles. The molecule has 0 unspecified atom stereocenters. The highest BCUT2D eigenvalue weighted by molar-refractivity contribution is 9.10. The minimum atomic E-state index is -0.994. The number of nitrogens with one attached hydrogen (secondary N) is 1. The van der Waals surface area contributed by atoms with Crippen molar-refractivity contribution in [2.75, 3.05) is 5.32 Å². The van der Waals surface area contributed by atoms with Crippen LogP contribution in [0.5, 0.6) is 0 Å². The van der Waals surface area contributed by atoms with Gasteiger partial charge in [-0.3, -0.25) is 4.98 Å². The molecule has 2 rings (SSSR count). The molecule has 0 aliphatic rings. The molecule has 0 aliphatic heterocycles. The number of hydrogen-bond acceptors (Lipinski definition) is 4. The van der Waals surface area contributed by atoms with Gasteiger partial charge in [0, 0.05) is 10.7 Å². The Kier molecular flexibility index (Phi) is 3.78. The number of carboxylic acid groups (broad SMARTS) is 1. The zero-order valence-corrected chi connectivity index (χ0v) is 11.2. The molecule has 0 radical (unpaired) electrons. The number of rotatable bonds is 3. The molecule has 0 bridgehead atoms. The highest BCUT2D eigenvalue weighted by atomic mass is 79.9. The van der Waals surface area contributed by atoms with Crippen LogP contribution in [0.15, 0.2) is 41.1 Å². The number of benzene rings is 1. The van der Waals surface area contributed by atoms with E-state index in [0.717, 1.165) is 0 Å². The van der Waals surface area contributed by atoms with Crippen LogP contribution in [0.4, 0.5) is 11.4 Å². The number of nitrogens with zero attached hydrogens (tertiary/aromatic N) is 2. The summed E-state index contributed by atoms with van der Waals surface area (Å²) in [5.41, 5.74) is 1.87. The van der Waals surface area contributed by atoms with E-state index in [-0.39, 0.29) is 5.56 Å². The third-order valence-electron chi connectivity index (χ3n) is 2.43. The summed E-state index contributed by atoms with van der Waals surface area (Å²) in [6.45, 7) is 0. The summed E-state index contributed by atoms with van der Waals surface area (Å²) >= 11 is 3.29. The molecule has 0 spiro atoms. The second kappa shape index (κ2) is 5.50.